The van der Waals surface area contributed by atoms with Crippen molar-refractivity contribution < 1.29 is 5.52 Å². The monoisotopic (exact) mass is 260 g/mol. The molecule has 1 aromatic rings. The summed E-state index contributed by atoms with van der Waals surface area (Å²) >= 11 is 0. The summed E-state index contributed by atoms with van der Waals surface area (Å²) in [5.74, 6) is 0.311. The molecule has 0 aromatic heterocycles. The van der Waals surface area contributed by atoms with Crippen LogP contribution >= 0.6 is 0 Å². The fraction of sp³-hybridized carbons (Fsp3) is 0.529. The van der Waals surface area contributed by atoms with Crippen molar-refractivity contribution in [3.63, 3.8) is 0 Å². The molecule has 1 fully saturated rings. The quantitative estimate of drug-likeness (QED) is 0.858. The van der Waals surface area contributed by atoms with E-state index in [2.05, 4.69) is 0 Å². The summed E-state index contributed by atoms with van der Waals surface area (Å²) in [4.78, 5) is 1.85. The average Bonchev–Trinajstić information content (AvgIpc) is 3.05. The lowest BCUT2D eigenvalue weighted by Crippen LogP contribution is -2.35. The van der Waals surface area contributed by atoms with E-state index in [0.29, 0.717) is 5.92 Å². The van der Waals surface area contributed by atoms with E-state index in [1.54, 1.807) is 0 Å². The predicted molar refractivity (Wildman–Crippen MR) is 80.9 cm³/mol. The smallest absolute Gasteiger partial charge is 0.162 e. The Bertz CT molecular complexity index is 617. The van der Waals surface area contributed by atoms with Crippen LogP contribution in [-0.4, -0.2) is 6.17 Å². The summed E-state index contributed by atoms with van der Waals surface area (Å²) in [5, 5.41) is 1.27. The molecule has 2 heteroatoms. The van der Waals surface area contributed by atoms with E-state index in [-0.39, 0.29) is 0 Å². The number of nitrogens with one attached hydrogen (secondary N) is 1. The lowest BCUT2D eigenvalue weighted by Gasteiger charge is -2.26. The minimum Gasteiger partial charge on any atom is -0.367 e. The molecule has 1 unspecified atom stereocenters. The van der Waals surface area contributed by atoms with E-state index in [1.807, 2.05) is 43.0 Å². The number of hydrogen-bond acceptors (Lipinski definition) is 2. The van der Waals surface area contributed by atoms with E-state index < -0.39 is 13.0 Å². The molecular weight excluding hydrogens is 232 g/mol. The maximum absolute atomic E-state index is 8.52. The summed E-state index contributed by atoms with van der Waals surface area (Å²) in [5.41, 5.74) is 3.73. The predicted octanol–water partition coefficient (Wildman–Crippen LogP) is 4.17. The van der Waals surface area contributed by atoms with Gasteiger partial charge in [0.25, 0.3) is 0 Å². The first-order valence-corrected chi connectivity index (χ1v) is 7.16. The molecule has 1 aliphatic carbocycles. The maximum Gasteiger partial charge on any atom is 0.162 e. The van der Waals surface area contributed by atoms with Gasteiger partial charge in [0.05, 0.1) is 0 Å². The fourth-order valence-corrected chi connectivity index (χ4v) is 3.34. The molecule has 102 valence electrons. The highest BCUT2D eigenvalue weighted by atomic mass is 15.3. The van der Waals surface area contributed by atoms with Crippen molar-refractivity contribution in [2.75, 3.05) is 4.90 Å². The second kappa shape index (κ2) is 4.92. The third kappa shape index (κ3) is 2.13. The lowest BCUT2D eigenvalue weighted by atomic mass is 10.0. The van der Waals surface area contributed by atoms with Gasteiger partial charge in [-0.3, -0.25) is 0 Å². The van der Waals surface area contributed by atoms with Gasteiger partial charge in [-0.05, 0) is 45.2 Å². The zero-order chi connectivity index (χ0) is 16.8. The van der Waals surface area contributed by atoms with Gasteiger partial charge in [0.2, 0.25) is 0 Å². The molecule has 1 heterocycles. The van der Waals surface area contributed by atoms with Crippen molar-refractivity contribution in [2.45, 2.75) is 52.5 Å². The Morgan fingerprint density at radius 1 is 1.26 bits per heavy atom. The van der Waals surface area contributed by atoms with Crippen molar-refractivity contribution in [3.8, 4) is 0 Å². The van der Waals surface area contributed by atoms with Crippen LogP contribution in [-0.2, 0) is 0 Å². The van der Waals surface area contributed by atoms with Gasteiger partial charge < -0.3 is 10.2 Å². The lowest BCUT2D eigenvalue weighted by molar-refractivity contribution is 0.559. The molecule has 0 saturated heterocycles. The molecule has 2 nitrogen and oxygen atoms in total. The van der Waals surface area contributed by atoms with Crippen molar-refractivity contribution in [1.29, 1.82) is 0 Å². The summed E-state index contributed by atoms with van der Waals surface area (Å²) in [7, 11) is 0. The van der Waals surface area contributed by atoms with Crippen LogP contribution < -0.4 is 10.2 Å². The second-order valence-corrected chi connectivity index (χ2v) is 5.61. The topological polar surface area (TPSA) is 15.3 Å². The molecule has 1 atom stereocenters. The van der Waals surface area contributed by atoms with E-state index in [4.69, 9.17) is 5.52 Å². The Morgan fingerprint density at radius 3 is 2.68 bits per heavy atom. The maximum atomic E-state index is 8.52. The van der Waals surface area contributed by atoms with Gasteiger partial charge in [-0.15, -0.1) is 0 Å². The molecule has 2 aliphatic rings. The van der Waals surface area contributed by atoms with Crippen LogP contribution in [0.5, 0.6) is 0 Å². The zero-order valence-electron chi connectivity index (χ0n) is 15.7. The Labute approximate surface area is 122 Å². The van der Waals surface area contributed by atoms with Crippen molar-refractivity contribution in [3.05, 3.63) is 41.2 Å². The van der Waals surface area contributed by atoms with Gasteiger partial charge in [0, 0.05) is 27.1 Å². The van der Waals surface area contributed by atoms with Crippen LogP contribution in [0.3, 0.4) is 0 Å². The first-order valence-electron chi connectivity index (χ1n) is 9.11. The minimum absolute atomic E-state index is 0.311. The molecule has 0 amide bonds. The van der Waals surface area contributed by atoms with Crippen LogP contribution in [0, 0.1) is 12.8 Å². The van der Waals surface area contributed by atoms with Crippen molar-refractivity contribution in [1.82, 2.24) is 5.31 Å². The van der Waals surface area contributed by atoms with Crippen LogP contribution in [0.4, 0.5) is 5.69 Å². The average molecular weight is 260 g/mol. The van der Waals surface area contributed by atoms with E-state index in [0.717, 1.165) is 48.3 Å². The highest BCUT2D eigenvalue weighted by Crippen LogP contribution is 2.38. The molecular formula is C17H24N2. The first kappa shape index (κ1) is 8.68. The fourth-order valence-electron chi connectivity index (χ4n) is 3.34. The van der Waals surface area contributed by atoms with Gasteiger partial charge in [0.15, 0.2) is 1.41 Å². The highest BCUT2D eigenvalue weighted by Gasteiger charge is 2.32. The zero-order valence-corrected chi connectivity index (χ0v) is 11.7. The SMILES string of the molecule is [2H]N1C(C2CCCC2)=C(C)N(c2ccccc2C)C1C([2H])([2H])[2H]. The Balaban J connectivity index is 2.10. The normalized spacial score (nSPS) is 28.4. The van der Waals surface area contributed by atoms with E-state index >= 15 is 0 Å². The van der Waals surface area contributed by atoms with Crippen molar-refractivity contribution >= 4 is 5.69 Å². The van der Waals surface area contributed by atoms with Gasteiger partial charge in [-0.2, -0.15) is 0 Å². The molecule has 1 aliphatic heterocycles. The van der Waals surface area contributed by atoms with Crippen LogP contribution in [0.15, 0.2) is 35.7 Å². The largest absolute Gasteiger partial charge is 0.367 e. The van der Waals surface area contributed by atoms with Gasteiger partial charge in [-0.25, -0.2) is 0 Å². The Kier molecular flexibility index (Phi) is 2.24. The molecule has 0 radical (unpaired) electrons. The van der Waals surface area contributed by atoms with E-state index in [1.165, 1.54) is 5.31 Å². The molecule has 19 heavy (non-hydrogen) atoms. The standard InChI is InChI=1S/C17H24N2/c1-12-8-4-7-11-16(12)19-13(2)17(18-14(19)3)15-9-5-6-10-15/h4,7-8,11,14-15,18H,5-6,9-10H2,1-3H3/i3D3/hD. The number of benzene rings is 1. The second-order valence-electron chi connectivity index (χ2n) is 5.61. The van der Waals surface area contributed by atoms with E-state index in [9.17, 15) is 0 Å². The number of anilines is 1. The van der Waals surface area contributed by atoms with Crippen molar-refractivity contribution in [2.24, 2.45) is 5.92 Å². The Hall–Kier alpha value is -1.44. The summed E-state index contributed by atoms with van der Waals surface area (Å²) in [6.07, 6.45) is 3.49. The number of nitrogens with zero attached hydrogens (tertiary/aromatic N) is 1. The molecule has 0 bridgehead atoms. The Morgan fingerprint density at radius 2 is 2.00 bits per heavy atom. The minimum atomic E-state index is -2.24. The third-order valence-corrected chi connectivity index (χ3v) is 4.35. The molecule has 1 saturated carbocycles. The van der Waals surface area contributed by atoms with Gasteiger partial charge in [-0.1, -0.05) is 31.0 Å². The van der Waals surface area contributed by atoms with Crippen LogP contribution in [0.25, 0.3) is 0 Å². The number of allylic oxidation sites excluding steroid dienone is 2. The number of para-hydroxylation sites is 1. The highest BCUT2D eigenvalue weighted by molar-refractivity contribution is 5.60. The molecule has 1 N–H and O–H groups in total. The van der Waals surface area contributed by atoms with Gasteiger partial charge in [0.1, 0.15) is 6.17 Å². The summed E-state index contributed by atoms with van der Waals surface area (Å²) in [6, 6.07) is 7.81. The third-order valence-electron chi connectivity index (χ3n) is 4.35. The summed E-state index contributed by atoms with van der Waals surface area (Å²) in [6.45, 7) is 1.71. The molecule has 0 spiro atoms. The van der Waals surface area contributed by atoms with Crippen LogP contribution in [0.1, 0.15) is 49.1 Å². The molecule has 3 rings (SSSR count). The molecule has 1 aromatic carbocycles. The number of rotatable bonds is 2. The first-order chi connectivity index (χ1) is 10.8. The number of hydrogen-bond donors (Lipinski definition) is 1. The summed E-state index contributed by atoms with van der Waals surface area (Å²) < 4.78 is 32.4. The number of aryl methyl sites for hydroxylation is 1. The van der Waals surface area contributed by atoms with Crippen LogP contribution in [0.2, 0.25) is 1.41 Å². The van der Waals surface area contributed by atoms with Gasteiger partial charge >= 0.3 is 0 Å².